The van der Waals surface area contributed by atoms with E-state index in [0.717, 1.165) is 0 Å². The van der Waals surface area contributed by atoms with E-state index in [1.54, 1.807) is 0 Å². The fourth-order valence-corrected chi connectivity index (χ4v) is 0.474. The van der Waals surface area contributed by atoms with E-state index >= 15 is 0 Å². The summed E-state index contributed by atoms with van der Waals surface area (Å²) in [6, 6.07) is 1.89. The average molecular weight is 117 g/mol. The molecule has 40 valence electrons. The minimum Gasteiger partial charge on any atom is -0.345 e. The van der Waals surface area contributed by atoms with Gasteiger partial charge in [0.2, 0.25) is 0 Å². The number of hydrogen-bond donors (Lipinski definition) is 0. The maximum Gasteiger partial charge on any atom is 0.137 e. The van der Waals surface area contributed by atoms with Gasteiger partial charge in [-0.15, -0.1) is 0 Å². The molecule has 0 aliphatic heterocycles. The number of rotatable bonds is 2. The molecule has 0 aromatic carbocycles. The van der Waals surface area contributed by atoms with E-state index in [1.165, 1.54) is 0 Å². The van der Waals surface area contributed by atoms with Crippen molar-refractivity contribution in [3.8, 4) is 6.07 Å². The molecule has 0 aromatic heterocycles. The van der Waals surface area contributed by atoms with Crippen LogP contribution in [-0.4, -0.2) is 19.9 Å². The van der Waals surface area contributed by atoms with Gasteiger partial charge in [0.15, 0.2) is 0 Å². The molecule has 0 atom stereocenters. The van der Waals surface area contributed by atoms with Crippen molar-refractivity contribution in [1.29, 1.82) is 5.26 Å². The van der Waals surface area contributed by atoms with Crippen molar-refractivity contribution in [1.82, 2.24) is 0 Å². The van der Waals surface area contributed by atoms with Gasteiger partial charge in [0.1, 0.15) is 6.61 Å². The third-order valence-corrected chi connectivity index (χ3v) is 1.03. The van der Waals surface area contributed by atoms with Gasteiger partial charge < -0.3 is 4.52 Å². The van der Waals surface area contributed by atoms with Crippen LogP contribution in [0, 0.1) is 11.3 Å². The van der Waals surface area contributed by atoms with Crippen molar-refractivity contribution < 1.29 is 4.52 Å². The third-order valence-electron chi connectivity index (χ3n) is 0.387. The van der Waals surface area contributed by atoms with E-state index in [2.05, 4.69) is 0 Å². The van der Waals surface area contributed by atoms with Gasteiger partial charge in [-0.05, 0) is 13.3 Å². The van der Waals surface area contributed by atoms with Gasteiger partial charge in [-0.25, -0.2) is 0 Å². The molecule has 0 bridgehead atoms. The highest BCUT2D eigenvalue weighted by Gasteiger charge is 1.86. The van der Waals surface area contributed by atoms with Crippen molar-refractivity contribution in [2.24, 2.45) is 0 Å². The van der Waals surface area contributed by atoms with Crippen LogP contribution in [0.3, 0.4) is 0 Å². The summed E-state index contributed by atoms with van der Waals surface area (Å²) in [4.78, 5) is 0. The Morgan fingerprint density at radius 3 is 2.43 bits per heavy atom. The van der Waals surface area contributed by atoms with Gasteiger partial charge in [-0.2, -0.15) is 5.26 Å². The first-order valence-corrected chi connectivity index (χ1v) is 4.10. The molecule has 0 unspecified atom stereocenters. The second-order valence-corrected chi connectivity index (χ2v) is 3.13. The molecule has 0 saturated carbocycles. The van der Waals surface area contributed by atoms with Crippen molar-refractivity contribution in [2.75, 3.05) is 19.9 Å². The summed E-state index contributed by atoms with van der Waals surface area (Å²) in [5, 5.41) is 7.95. The van der Waals surface area contributed by atoms with Crippen LogP contribution in [0.5, 0.6) is 0 Å². The Morgan fingerprint density at radius 1 is 1.71 bits per heavy atom. The zero-order valence-electron chi connectivity index (χ0n) is 4.51. The van der Waals surface area contributed by atoms with Gasteiger partial charge in [0.25, 0.3) is 0 Å². The lowest BCUT2D eigenvalue weighted by atomic mass is 10.9. The first-order valence-electron chi connectivity index (χ1n) is 1.94. The fraction of sp³-hybridized carbons (Fsp3) is 0.750. The Kier molecular flexibility index (Phi) is 3.98. The van der Waals surface area contributed by atoms with Crippen LogP contribution < -0.4 is 0 Å². The van der Waals surface area contributed by atoms with Gasteiger partial charge in [0, 0.05) is 8.15 Å². The van der Waals surface area contributed by atoms with Gasteiger partial charge in [0.05, 0.1) is 6.07 Å². The zero-order chi connectivity index (χ0) is 5.70. The molecule has 0 aliphatic carbocycles. The summed E-state index contributed by atoms with van der Waals surface area (Å²) in [5.74, 6) is 0. The van der Waals surface area contributed by atoms with Crippen molar-refractivity contribution in [3.05, 3.63) is 0 Å². The summed E-state index contributed by atoms with van der Waals surface area (Å²) in [5.41, 5.74) is 0. The van der Waals surface area contributed by atoms with E-state index < -0.39 is 0 Å². The van der Waals surface area contributed by atoms with Crippen molar-refractivity contribution in [2.45, 2.75) is 0 Å². The molecule has 0 fully saturated rings. The highest BCUT2D eigenvalue weighted by Crippen LogP contribution is 2.24. The normalized spacial score (nSPS) is 8.86. The standard InChI is InChI=1S/C4H8NOP/c1-7(2)6-4-3-5/h4H2,1-2H3. The lowest BCUT2D eigenvalue weighted by Crippen LogP contribution is -1.80. The van der Waals surface area contributed by atoms with Crippen molar-refractivity contribution >= 4 is 8.15 Å². The Labute approximate surface area is 44.9 Å². The van der Waals surface area contributed by atoms with E-state index in [0.29, 0.717) is 0 Å². The molecular weight excluding hydrogens is 109 g/mol. The quantitative estimate of drug-likeness (QED) is 0.509. The molecule has 0 aromatic rings. The minimum atomic E-state index is -0.329. The molecule has 0 aliphatic rings. The zero-order valence-corrected chi connectivity index (χ0v) is 5.40. The predicted molar refractivity (Wildman–Crippen MR) is 30.3 cm³/mol. The van der Waals surface area contributed by atoms with Crippen LogP contribution in [-0.2, 0) is 4.52 Å². The second kappa shape index (κ2) is 4.05. The second-order valence-electron chi connectivity index (χ2n) is 1.24. The predicted octanol–water partition coefficient (Wildman–Crippen LogP) is 1.18. The summed E-state index contributed by atoms with van der Waals surface area (Å²) >= 11 is 0. The van der Waals surface area contributed by atoms with Gasteiger partial charge in [-0.3, -0.25) is 0 Å². The van der Waals surface area contributed by atoms with Crippen LogP contribution in [0.15, 0.2) is 0 Å². The smallest absolute Gasteiger partial charge is 0.137 e. The molecule has 0 amide bonds. The maximum absolute atomic E-state index is 7.95. The van der Waals surface area contributed by atoms with Crippen molar-refractivity contribution in [3.63, 3.8) is 0 Å². The molecule has 0 heterocycles. The van der Waals surface area contributed by atoms with Crippen LogP contribution >= 0.6 is 8.15 Å². The maximum atomic E-state index is 7.95. The fourth-order valence-electron chi connectivity index (χ4n) is 0.158. The number of nitrogens with zero attached hydrogens (tertiary/aromatic N) is 1. The first-order chi connectivity index (χ1) is 3.27. The monoisotopic (exact) mass is 117 g/mol. The van der Waals surface area contributed by atoms with Crippen LogP contribution in [0.4, 0.5) is 0 Å². The first kappa shape index (κ1) is 6.88. The molecule has 0 rings (SSSR count). The minimum absolute atomic E-state index is 0.235. The summed E-state index contributed by atoms with van der Waals surface area (Å²) < 4.78 is 4.89. The van der Waals surface area contributed by atoms with Crippen LogP contribution in [0.25, 0.3) is 0 Å². The van der Waals surface area contributed by atoms with E-state index in [9.17, 15) is 0 Å². The molecule has 0 spiro atoms. The number of nitriles is 1. The van der Waals surface area contributed by atoms with Gasteiger partial charge in [-0.1, -0.05) is 0 Å². The molecule has 3 heteroatoms. The molecule has 0 N–H and O–H groups in total. The SMILES string of the molecule is CP(C)OCC#N. The molecular formula is C4H8NOP. The van der Waals surface area contributed by atoms with Crippen LogP contribution in [0.1, 0.15) is 0 Å². The molecule has 0 radical (unpaired) electrons. The summed E-state index contributed by atoms with van der Waals surface area (Å²) in [7, 11) is -0.329. The Morgan fingerprint density at radius 2 is 2.29 bits per heavy atom. The summed E-state index contributed by atoms with van der Waals surface area (Å²) in [6.07, 6.45) is 0. The van der Waals surface area contributed by atoms with Gasteiger partial charge >= 0.3 is 0 Å². The molecule has 0 saturated heterocycles. The summed E-state index contributed by atoms with van der Waals surface area (Å²) in [6.45, 7) is 4.16. The number of hydrogen-bond acceptors (Lipinski definition) is 2. The van der Waals surface area contributed by atoms with E-state index in [-0.39, 0.29) is 14.8 Å². The Balaban J connectivity index is 2.86. The largest absolute Gasteiger partial charge is 0.345 e. The third kappa shape index (κ3) is 5.88. The highest BCUT2D eigenvalue weighted by molar-refractivity contribution is 7.50. The van der Waals surface area contributed by atoms with E-state index in [1.807, 2.05) is 19.4 Å². The highest BCUT2D eigenvalue weighted by atomic mass is 31.1. The lowest BCUT2D eigenvalue weighted by molar-refractivity contribution is 0.415. The van der Waals surface area contributed by atoms with Crippen LogP contribution in [0.2, 0.25) is 0 Å². The molecule has 2 nitrogen and oxygen atoms in total. The van der Waals surface area contributed by atoms with E-state index in [4.69, 9.17) is 9.79 Å². The Bertz CT molecular complexity index is 76.2. The lowest BCUT2D eigenvalue weighted by Gasteiger charge is -1.98. The topological polar surface area (TPSA) is 33.0 Å². The molecule has 7 heavy (non-hydrogen) atoms. The Hall–Kier alpha value is -0.120. The average Bonchev–Trinajstić information content (AvgIpc) is 1.61.